The molecule has 1 heterocycles. The van der Waals surface area contributed by atoms with E-state index >= 15 is 0 Å². The average Bonchev–Trinajstić information content (AvgIpc) is 3.12. The van der Waals surface area contributed by atoms with Crippen LogP contribution in [0.5, 0.6) is 5.75 Å². The molecule has 2 amide bonds. The maximum absolute atomic E-state index is 12.7. The third-order valence-corrected chi connectivity index (χ3v) is 6.82. The first-order chi connectivity index (χ1) is 24.5. The van der Waals surface area contributed by atoms with E-state index in [1.165, 1.54) is 18.6 Å². The van der Waals surface area contributed by atoms with Gasteiger partial charge in [-0.1, -0.05) is 130 Å². The first-order valence-corrected chi connectivity index (χ1v) is 17.7. The number of allylic oxidation sites excluding steroid dienone is 12. The molecule has 3 rings (SSSR count). The van der Waals surface area contributed by atoms with Gasteiger partial charge in [0.25, 0.3) is 0 Å². The van der Waals surface area contributed by atoms with Crippen molar-refractivity contribution in [1.29, 1.82) is 0 Å². The minimum absolute atomic E-state index is 0. The molecule has 0 saturated carbocycles. The number of fused-ring (bicyclic) bond motifs is 1. The Morgan fingerprint density at radius 1 is 0.700 bits per heavy atom. The molecule has 0 aliphatic carbocycles. The van der Waals surface area contributed by atoms with Crippen LogP contribution in [0.3, 0.4) is 0 Å². The van der Waals surface area contributed by atoms with Gasteiger partial charge in [-0.3, -0.25) is 9.59 Å². The second-order valence-corrected chi connectivity index (χ2v) is 11.3. The summed E-state index contributed by atoms with van der Waals surface area (Å²) in [4.78, 5) is 36.9. The van der Waals surface area contributed by atoms with Gasteiger partial charge >= 0.3 is 6.09 Å². The van der Waals surface area contributed by atoms with Crippen molar-refractivity contribution < 1.29 is 21.6 Å². The highest BCUT2D eigenvalue weighted by Gasteiger charge is 2.10. The number of amides is 2. The van der Waals surface area contributed by atoms with Crippen molar-refractivity contribution in [2.24, 2.45) is 0 Å². The van der Waals surface area contributed by atoms with Gasteiger partial charge in [-0.05, 0) is 63.1 Å². The van der Waals surface area contributed by atoms with E-state index in [2.05, 4.69) is 98.2 Å². The molecule has 7 nitrogen and oxygen atoms in total. The van der Waals surface area contributed by atoms with Crippen LogP contribution in [0.1, 0.15) is 81.4 Å². The number of nitrogens with one attached hydrogen (secondary N) is 2. The van der Waals surface area contributed by atoms with Gasteiger partial charge < -0.3 is 19.8 Å². The Balaban J connectivity index is 0.00000502. The Morgan fingerprint density at radius 3 is 1.82 bits per heavy atom. The fraction of sp³-hybridized carbons (Fsp3) is 0.326. The largest absolute Gasteiger partial charge is 0.456 e. The van der Waals surface area contributed by atoms with E-state index in [0.717, 1.165) is 44.1 Å². The van der Waals surface area contributed by atoms with Crippen LogP contribution >= 0.6 is 0 Å². The van der Waals surface area contributed by atoms with E-state index in [-0.39, 0.29) is 33.0 Å². The van der Waals surface area contributed by atoms with Crippen LogP contribution in [-0.2, 0) is 4.79 Å². The molecule has 0 spiro atoms. The summed E-state index contributed by atoms with van der Waals surface area (Å²) in [5.41, 5.74) is 0.963. The van der Waals surface area contributed by atoms with Crippen LogP contribution in [0.2, 0.25) is 0 Å². The van der Waals surface area contributed by atoms with Crippen LogP contribution in [0.15, 0.2) is 137 Å². The molecule has 3 aromatic rings. The first kappa shape index (κ1) is 41.0. The Hall–Kier alpha value is -5.17. The topological polar surface area (TPSA) is 97.6 Å². The van der Waals surface area contributed by atoms with Gasteiger partial charge in [-0.2, -0.15) is 0 Å². The summed E-state index contributed by atoms with van der Waals surface area (Å²) in [6, 6.07) is 15.4. The molecule has 2 aromatic carbocycles. The predicted molar refractivity (Wildman–Crippen MR) is 213 cm³/mol. The lowest BCUT2D eigenvalue weighted by molar-refractivity contribution is -0.120. The Kier molecular flexibility index (Phi) is 21.9. The van der Waals surface area contributed by atoms with Gasteiger partial charge in [0.05, 0.1) is 5.39 Å². The predicted octanol–water partition coefficient (Wildman–Crippen LogP) is 11.1. The van der Waals surface area contributed by atoms with Gasteiger partial charge in [-0.25, -0.2) is 4.79 Å². The summed E-state index contributed by atoms with van der Waals surface area (Å²) in [5.74, 6) is 0.597. The van der Waals surface area contributed by atoms with Crippen LogP contribution in [0, 0.1) is 0 Å². The minimum Gasteiger partial charge on any atom is -0.456 e. The van der Waals surface area contributed by atoms with Crippen LogP contribution < -0.4 is 20.8 Å². The Bertz CT molecular complexity index is 1660. The average molecular weight is 683 g/mol. The maximum atomic E-state index is 12.7. The Morgan fingerprint density at radius 2 is 1.24 bits per heavy atom. The number of carbonyl (C=O) groups excluding carboxylic acids is 2. The van der Waals surface area contributed by atoms with Crippen molar-refractivity contribution in [3.8, 4) is 17.1 Å². The number of rotatable bonds is 19. The van der Waals surface area contributed by atoms with Gasteiger partial charge in [0, 0.05) is 34.0 Å². The Labute approximate surface area is 301 Å². The molecule has 0 unspecified atom stereocenters. The van der Waals surface area contributed by atoms with Crippen molar-refractivity contribution in [3.05, 3.63) is 138 Å². The molecular formula is C43H58N2O5. The zero-order valence-corrected chi connectivity index (χ0v) is 29.9. The highest BCUT2D eigenvalue weighted by atomic mass is 16.6. The summed E-state index contributed by atoms with van der Waals surface area (Å²) in [6.45, 7) is 6.88. The normalized spacial score (nSPS) is 11.7. The summed E-state index contributed by atoms with van der Waals surface area (Å²) in [7, 11) is 0. The monoisotopic (exact) mass is 682 g/mol. The second kappa shape index (κ2) is 26.7. The quantitative estimate of drug-likeness (QED) is 0.0968. The SMILES string of the molecule is CC/C=C\C/C=C\C/C=C\C/C=C\C/C=C\C/C=C\CCC(=O)NCCNC(=O)Oc1ccc2oc(-c3ccccc3)cc(=O)c2c1.CCC.[HH].[HH]. The van der Waals surface area contributed by atoms with Gasteiger partial charge in [-0.15, -0.1) is 0 Å². The van der Waals surface area contributed by atoms with E-state index < -0.39 is 6.09 Å². The lowest BCUT2D eigenvalue weighted by atomic mass is 10.1. The molecular weight excluding hydrogens is 624 g/mol. The van der Waals surface area contributed by atoms with E-state index in [4.69, 9.17) is 9.15 Å². The third-order valence-electron chi connectivity index (χ3n) is 6.82. The molecule has 0 atom stereocenters. The molecule has 2 N–H and O–H groups in total. The molecule has 0 aliphatic heterocycles. The highest BCUT2D eigenvalue weighted by Crippen LogP contribution is 2.24. The zero-order valence-electron chi connectivity index (χ0n) is 29.9. The fourth-order valence-corrected chi connectivity index (χ4v) is 4.40. The van der Waals surface area contributed by atoms with Gasteiger partial charge in [0.1, 0.15) is 17.1 Å². The number of carbonyl (C=O) groups is 2. The number of ether oxygens (including phenoxy) is 1. The smallest absolute Gasteiger partial charge is 0.412 e. The number of benzene rings is 2. The lowest BCUT2D eigenvalue weighted by Crippen LogP contribution is -2.35. The molecule has 1 aromatic heterocycles. The molecule has 50 heavy (non-hydrogen) atoms. The highest BCUT2D eigenvalue weighted by molar-refractivity contribution is 5.81. The van der Waals surface area contributed by atoms with E-state index in [1.807, 2.05) is 36.4 Å². The molecule has 0 radical (unpaired) electrons. The van der Waals surface area contributed by atoms with Gasteiger partial charge in [0.15, 0.2) is 5.43 Å². The van der Waals surface area contributed by atoms with Crippen molar-refractivity contribution in [2.75, 3.05) is 13.1 Å². The zero-order chi connectivity index (χ0) is 36.1. The number of hydrogen-bond acceptors (Lipinski definition) is 5. The van der Waals surface area contributed by atoms with Gasteiger partial charge in [0.2, 0.25) is 5.91 Å². The third kappa shape index (κ3) is 18.4. The molecule has 7 heteroatoms. The van der Waals surface area contributed by atoms with E-state index in [0.29, 0.717) is 29.6 Å². The van der Waals surface area contributed by atoms with E-state index in [1.54, 1.807) is 12.1 Å². The lowest BCUT2D eigenvalue weighted by Gasteiger charge is -2.08. The minimum atomic E-state index is -0.679. The van der Waals surface area contributed by atoms with Crippen molar-refractivity contribution in [3.63, 3.8) is 0 Å². The first-order valence-electron chi connectivity index (χ1n) is 17.7. The van der Waals surface area contributed by atoms with Crippen molar-refractivity contribution in [2.45, 2.75) is 78.6 Å². The van der Waals surface area contributed by atoms with E-state index in [9.17, 15) is 14.4 Å². The molecule has 0 saturated heterocycles. The standard InChI is InChI=1S/C40H46N2O5.C3H8.2H2/c1-2-3-4-5-6-7-8-9-10-11-12-13-14-15-16-17-18-19-23-26-39(44)41-29-30-42-40(45)46-34-27-28-37-35(31-34)36(43)32-38(47-37)33-24-21-20-22-25-33;1-3-2;;/h3-4,6-7,9-10,12-13,15-16,18-22,24-25,27-28,31-32H,2,5,8,11,14,17,23,26,29-30H2,1H3,(H,41,44)(H,42,45);3H2,1-2H3;2*1H/b4-3-,7-6-,10-9-,13-12-,16-15-,19-18-;;;. The van der Waals surface area contributed by atoms with Crippen LogP contribution in [-0.4, -0.2) is 25.1 Å². The van der Waals surface area contributed by atoms with Crippen molar-refractivity contribution in [1.82, 2.24) is 10.6 Å². The summed E-state index contributed by atoms with van der Waals surface area (Å²) in [5, 5.41) is 5.69. The van der Waals surface area contributed by atoms with Crippen molar-refractivity contribution >= 4 is 23.0 Å². The fourth-order valence-electron chi connectivity index (χ4n) is 4.40. The molecule has 270 valence electrons. The number of hydrogen-bond donors (Lipinski definition) is 2. The maximum Gasteiger partial charge on any atom is 0.412 e. The molecule has 0 fully saturated rings. The molecule has 0 aliphatic rings. The van der Waals surface area contributed by atoms with Crippen LogP contribution in [0.4, 0.5) is 4.79 Å². The summed E-state index contributed by atoms with van der Waals surface area (Å²) < 4.78 is 11.2. The summed E-state index contributed by atoms with van der Waals surface area (Å²) in [6.07, 6.45) is 33.2. The molecule has 0 bridgehead atoms. The second-order valence-electron chi connectivity index (χ2n) is 11.3. The summed E-state index contributed by atoms with van der Waals surface area (Å²) >= 11 is 0. The van der Waals surface area contributed by atoms with Crippen LogP contribution in [0.25, 0.3) is 22.3 Å².